The zero-order chi connectivity index (χ0) is 7.28. The molecule has 0 heterocycles. The van der Waals surface area contributed by atoms with Crippen molar-refractivity contribution < 1.29 is 10.0 Å². The standard InChI is InChI=1S/C6H11NO2/c1-3-5(4-2)6(8)7-9/h3,9H,4H2,1-2H3,(H,7,8)/b5-3-. The van der Waals surface area contributed by atoms with E-state index in [1.54, 1.807) is 18.5 Å². The van der Waals surface area contributed by atoms with Crippen LogP contribution in [0.4, 0.5) is 0 Å². The molecule has 0 radical (unpaired) electrons. The summed E-state index contributed by atoms with van der Waals surface area (Å²) in [5, 5.41) is 8.13. The Labute approximate surface area is 54.3 Å². The summed E-state index contributed by atoms with van der Waals surface area (Å²) in [6.07, 6.45) is 2.31. The number of nitrogens with one attached hydrogen (secondary N) is 1. The lowest BCUT2D eigenvalue weighted by atomic mass is 10.2. The maximum atomic E-state index is 10.5. The summed E-state index contributed by atoms with van der Waals surface area (Å²) in [4.78, 5) is 10.5. The van der Waals surface area contributed by atoms with E-state index in [1.165, 1.54) is 0 Å². The third-order valence-electron chi connectivity index (χ3n) is 1.12. The quantitative estimate of drug-likeness (QED) is 0.330. The molecule has 0 aliphatic carbocycles. The first-order chi connectivity index (χ1) is 4.26. The van der Waals surface area contributed by atoms with Crippen molar-refractivity contribution in [2.75, 3.05) is 0 Å². The molecule has 52 valence electrons. The Morgan fingerprint density at radius 3 is 2.44 bits per heavy atom. The molecule has 0 aromatic rings. The lowest BCUT2D eigenvalue weighted by Gasteiger charge is -1.97. The van der Waals surface area contributed by atoms with E-state index in [0.717, 1.165) is 0 Å². The normalized spacial score (nSPS) is 11.2. The summed E-state index contributed by atoms with van der Waals surface area (Å²) in [6.45, 7) is 3.61. The van der Waals surface area contributed by atoms with E-state index >= 15 is 0 Å². The van der Waals surface area contributed by atoms with Crippen molar-refractivity contribution in [3.63, 3.8) is 0 Å². The van der Waals surface area contributed by atoms with Crippen LogP contribution < -0.4 is 5.48 Å². The number of carbonyl (C=O) groups excluding carboxylic acids is 1. The Hall–Kier alpha value is -0.830. The van der Waals surface area contributed by atoms with Gasteiger partial charge in [0.2, 0.25) is 0 Å². The van der Waals surface area contributed by atoms with Gasteiger partial charge >= 0.3 is 0 Å². The molecule has 0 aromatic carbocycles. The number of carbonyl (C=O) groups is 1. The minimum absolute atomic E-state index is 0.417. The fraction of sp³-hybridized carbons (Fsp3) is 0.500. The van der Waals surface area contributed by atoms with Crippen molar-refractivity contribution in [2.24, 2.45) is 0 Å². The molecule has 0 aromatic heterocycles. The minimum Gasteiger partial charge on any atom is -0.288 e. The van der Waals surface area contributed by atoms with E-state index in [2.05, 4.69) is 0 Å². The molecule has 0 saturated carbocycles. The van der Waals surface area contributed by atoms with Crippen LogP contribution in [0.15, 0.2) is 11.6 Å². The molecule has 0 rings (SSSR count). The number of rotatable bonds is 2. The smallest absolute Gasteiger partial charge is 0.270 e. The van der Waals surface area contributed by atoms with Gasteiger partial charge in [0.1, 0.15) is 0 Å². The highest BCUT2D eigenvalue weighted by Gasteiger charge is 2.01. The van der Waals surface area contributed by atoms with Crippen LogP contribution in [0.25, 0.3) is 0 Å². The Balaban J connectivity index is 3.97. The van der Waals surface area contributed by atoms with Gasteiger partial charge in [-0.3, -0.25) is 10.0 Å². The molecule has 9 heavy (non-hydrogen) atoms. The van der Waals surface area contributed by atoms with E-state index in [4.69, 9.17) is 5.21 Å². The van der Waals surface area contributed by atoms with Crippen LogP contribution in [0.5, 0.6) is 0 Å². The number of amides is 1. The molecule has 0 aliphatic rings. The fourth-order valence-electron chi connectivity index (χ4n) is 0.568. The first-order valence-corrected chi connectivity index (χ1v) is 2.85. The average molecular weight is 129 g/mol. The molecule has 0 atom stereocenters. The maximum absolute atomic E-state index is 10.5. The Morgan fingerprint density at radius 2 is 2.33 bits per heavy atom. The second kappa shape index (κ2) is 4.09. The van der Waals surface area contributed by atoms with Crippen molar-refractivity contribution in [3.05, 3.63) is 11.6 Å². The molecule has 0 spiro atoms. The first kappa shape index (κ1) is 8.17. The number of hydrogen-bond acceptors (Lipinski definition) is 2. The van der Waals surface area contributed by atoms with Crippen LogP contribution in [0.3, 0.4) is 0 Å². The number of hydrogen-bond donors (Lipinski definition) is 2. The van der Waals surface area contributed by atoms with Crippen molar-refractivity contribution in [1.29, 1.82) is 0 Å². The number of hydroxylamine groups is 1. The van der Waals surface area contributed by atoms with Gasteiger partial charge in [-0.25, -0.2) is 5.48 Å². The second-order valence-electron chi connectivity index (χ2n) is 1.61. The average Bonchev–Trinajstić information content (AvgIpc) is 1.90. The molecule has 1 amide bonds. The van der Waals surface area contributed by atoms with Crippen molar-refractivity contribution >= 4 is 5.91 Å². The van der Waals surface area contributed by atoms with Crippen LogP contribution in [-0.2, 0) is 4.79 Å². The topological polar surface area (TPSA) is 49.3 Å². The summed E-state index contributed by atoms with van der Waals surface area (Å²) in [5.41, 5.74) is 2.15. The summed E-state index contributed by atoms with van der Waals surface area (Å²) in [7, 11) is 0. The second-order valence-corrected chi connectivity index (χ2v) is 1.61. The molecule has 0 bridgehead atoms. The van der Waals surface area contributed by atoms with Gasteiger partial charge in [0.25, 0.3) is 5.91 Å². The van der Waals surface area contributed by atoms with Crippen molar-refractivity contribution in [3.8, 4) is 0 Å². The van der Waals surface area contributed by atoms with Gasteiger partial charge in [-0.1, -0.05) is 13.0 Å². The molecule has 0 fully saturated rings. The largest absolute Gasteiger partial charge is 0.288 e. The monoisotopic (exact) mass is 129 g/mol. The predicted molar refractivity (Wildman–Crippen MR) is 34.0 cm³/mol. The summed E-state index contributed by atoms with van der Waals surface area (Å²) >= 11 is 0. The van der Waals surface area contributed by atoms with Gasteiger partial charge in [0, 0.05) is 5.57 Å². The van der Waals surface area contributed by atoms with Crippen LogP contribution in [0.2, 0.25) is 0 Å². The molecule has 0 unspecified atom stereocenters. The van der Waals surface area contributed by atoms with Gasteiger partial charge in [-0.05, 0) is 13.3 Å². The molecule has 3 nitrogen and oxygen atoms in total. The van der Waals surface area contributed by atoms with Crippen LogP contribution in [-0.4, -0.2) is 11.1 Å². The summed E-state index contributed by atoms with van der Waals surface area (Å²) < 4.78 is 0. The SMILES string of the molecule is C/C=C(/CC)C(=O)NO. The molecule has 2 N–H and O–H groups in total. The highest BCUT2D eigenvalue weighted by atomic mass is 16.5. The number of allylic oxidation sites excluding steroid dienone is 1. The first-order valence-electron chi connectivity index (χ1n) is 2.85. The summed E-state index contributed by atoms with van der Waals surface area (Å²) in [5.74, 6) is -0.417. The third kappa shape index (κ3) is 2.28. The lowest BCUT2D eigenvalue weighted by Crippen LogP contribution is -2.20. The van der Waals surface area contributed by atoms with Crippen molar-refractivity contribution in [2.45, 2.75) is 20.3 Å². The lowest BCUT2D eigenvalue weighted by molar-refractivity contribution is -0.125. The zero-order valence-electron chi connectivity index (χ0n) is 5.64. The molecule has 0 saturated heterocycles. The van der Waals surface area contributed by atoms with Crippen LogP contribution >= 0.6 is 0 Å². The van der Waals surface area contributed by atoms with E-state index in [-0.39, 0.29) is 0 Å². The van der Waals surface area contributed by atoms with Gasteiger partial charge in [0.05, 0.1) is 0 Å². The Kier molecular flexibility index (Phi) is 3.71. The van der Waals surface area contributed by atoms with Gasteiger partial charge in [-0.15, -0.1) is 0 Å². The van der Waals surface area contributed by atoms with E-state index in [9.17, 15) is 4.79 Å². The Morgan fingerprint density at radius 1 is 1.78 bits per heavy atom. The highest BCUT2D eigenvalue weighted by Crippen LogP contribution is 1.97. The molecule has 3 heteroatoms. The fourth-order valence-corrected chi connectivity index (χ4v) is 0.568. The Bertz CT molecular complexity index is 129. The van der Waals surface area contributed by atoms with Gasteiger partial charge in [0.15, 0.2) is 0 Å². The zero-order valence-corrected chi connectivity index (χ0v) is 5.64. The van der Waals surface area contributed by atoms with E-state index in [0.29, 0.717) is 12.0 Å². The minimum atomic E-state index is -0.417. The van der Waals surface area contributed by atoms with E-state index < -0.39 is 5.91 Å². The van der Waals surface area contributed by atoms with Gasteiger partial charge in [-0.2, -0.15) is 0 Å². The third-order valence-corrected chi connectivity index (χ3v) is 1.12. The predicted octanol–water partition coefficient (Wildman–Crippen LogP) is 0.848. The molecule has 0 aliphatic heterocycles. The van der Waals surface area contributed by atoms with Gasteiger partial charge < -0.3 is 0 Å². The molecular weight excluding hydrogens is 118 g/mol. The van der Waals surface area contributed by atoms with Crippen molar-refractivity contribution in [1.82, 2.24) is 5.48 Å². The van der Waals surface area contributed by atoms with E-state index in [1.807, 2.05) is 6.92 Å². The maximum Gasteiger partial charge on any atom is 0.270 e. The highest BCUT2D eigenvalue weighted by molar-refractivity contribution is 5.92. The van der Waals surface area contributed by atoms with Crippen LogP contribution in [0.1, 0.15) is 20.3 Å². The van der Waals surface area contributed by atoms with Crippen LogP contribution in [0, 0.1) is 0 Å². The summed E-state index contributed by atoms with van der Waals surface area (Å²) in [6, 6.07) is 0. The molecular formula is C6H11NO2.